The molecule has 0 saturated carbocycles. The van der Waals surface area contributed by atoms with Crippen LogP contribution in [0.5, 0.6) is 5.75 Å². The number of carbonyl (C=O) groups excluding carboxylic acids is 1. The van der Waals surface area contributed by atoms with Crippen LogP contribution in [0.3, 0.4) is 0 Å². The zero-order valence-electron chi connectivity index (χ0n) is 14.4. The number of amides is 1. The number of likely N-dealkylation sites (tertiary alicyclic amines) is 1. The molecule has 23 heavy (non-hydrogen) atoms. The van der Waals surface area contributed by atoms with Crippen LogP contribution >= 0.6 is 0 Å². The highest BCUT2D eigenvalue weighted by Gasteiger charge is 2.20. The summed E-state index contributed by atoms with van der Waals surface area (Å²) >= 11 is 0. The van der Waals surface area contributed by atoms with Crippen molar-refractivity contribution in [1.82, 2.24) is 10.2 Å². The maximum atomic E-state index is 12.1. The van der Waals surface area contributed by atoms with E-state index in [2.05, 4.69) is 24.1 Å². The molecule has 1 amide bonds. The van der Waals surface area contributed by atoms with Crippen molar-refractivity contribution in [2.45, 2.75) is 52.0 Å². The lowest BCUT2D eigenvalue weighted by atomic mass is 10.0. The highest BCUT2D eigenvalue weighted by molar-refractivity contribution is 5.79. The number of hydrogen-bond acceptors (Lipinski definition) is 3. The number of hydrogen-bond donors (Lipinski definition) is 2. The van der Waals surface area contributed by atoms with Gasteiger partial charge < -0.3 is 15.3 Å². The van der Waals surface area contributed by atoms with Crippen LogP contribution < -0.4 is 5.32 Å². The first kappa shape index (κ1) is 17.8. The van der Waals surface area contributed by atoms with E-state index in [-0.39, 0.29) is 11.7 Å². The zero-order chi connectivity index (χ0) is 16.7. The number of carbonyl (C=O) groups is 1. The van der Waals surface area contributed by atoms with Crippen LogP contribution in [0.4, 0.5) is 0 Å². The summed E-state index contributed by atoms with van der Waals surface area (Å²) in [6, 6.07) is 7.21. The van der Waals surface area contributed by atoms with E-state index in [1.165, 1.54) is 19.4 Å². The first-order chi connectivity index (χ1) is 11.0. The van der Waals surface area contributed by atoms with Crippen LogP contribution in [0.15, 0.2) is 24.3 Å². The maximum absolute atomic E-state index is 12.1. The van der Waals surface area contributed by atoms with Crippen LogP contribution in [0.25, 0.3) is 0 Å². The van der Waals surface area contributed by atoms with Gasteiger partial charge in [-0.3, -0.25) is 4.79 Å². The van der Waals surface area contributed by atoms with Gasteiger partial charge in [0.15, 0.2) is 0 Å². The fourth-order valence-corrected chi connectivity index (χ4v) is 3.15. The van der Waals surface area contributed by atoms with Crippen molar-refractivity contribution < 1.29 is 9.90 Å². The molecular formula is C19H30N2O2. The Morgan fingerprint density at radius 3 is 2.74 bits per heavy atom. The van der Waals surface area contributed by atoms with Gasteiger partial charge in [-0.25, -0.2) is 0 Å². The van der Waals surface area contributed by atoms with E-state index in [1.807, 2.05) is 6.07 Å². The Labute approximate surface area is 139 Å². The van der Waals surface area contributed by atoms with Crippen molar-refractivity contribution in [1.29, 1.82) is 0 Å². The Balaban J connectivity index is 1.66. The van der Waals surface area contributed by atoms with Crippen LogP contribution in [0.2, 0.25) is 0 Å². The van der Waals surface area contributed by atoms with E-state index in [9.17, 15) is 9.90 Å². The van der Waals surface area contributed by atoms with E-state index < -0.39 is 0 Å². The van der Waals surface area contributed by atoms with Gasteiger partial charge >= 0.3 is 0 Å². The van der Waals surface area contributed by atoms with Gasteiger partial charge in [0, 0.05) is 19.1 Å². The highest BCUT2D eigenvalue weighted by atomic mass is 16.3. The van der Waals surface area contributed by atoms with Crippen molar-refractivity contribution in [2.75, 3.05) is 19.6 Å². The molecule has 0 unspecified atom stereocenters. The summed E-state index contributed by atoms with van der Waals surface area (Å²) in [5, 5.41) is 12.6. The summed E-state index contributed by atoms with van der Waals surface area (Å²) in [5.74, 6) is 1.04. The monoisotopic (exact) mass is 318 g/mol. The molecule has 2 rings (SSSR count). The van der Waals surface area contributed by atoms with Crippen molar-refractivity contribution in [3.63, 3.8) is 0 Å². The lowest BCUT2D eigenvalue weighted by Crippen LogP contribution is -2.45. The molecule has 0 radical (unpaired) electrons. The van der Waals surface area contributed by atoms with Gasteiger partial charge in [0.05, 0.1) is 6.42 Å². The summed E-state index contributed by atoms with van der Waals surface area (Å²) in [6.07, 6.45) is 4.97. The molecule has 1 aliphatic heterocycles. The van der Waals surface area contributed by atoms with Crippen molar-refractivity contribution in [3.05, 3.63) is 29.8 Å². The molecule has 0 spiro atoms. The average Bonchev–Trinajstić information content (AvgIpc) is 2.48. The lowest BCUT2D eigenvalue weighted by Gasteiger charge is -2.32. The van der Waals surface area contributed by atoms with Gasteiger partial charge in [0.1, 0.15) is 5.75 Å². The van der Waals surface area contributed by atoms with E-state index >= 15 is 0 Å². The fourth-order valence-electron chi connectivity index (χ4n) is 3.15. The number of phenolic OH excluding ortho intramolecular Hbond substituents is 1. The third kappa shape index (κ3) is 6.61. The second-order valence-electron chi connectivity index (χ2n) is 7.07. The van der Waals surface area contributed by atoms with Crippen molar-refractivity contribution >= 4 is 5.91 Å². The molecule has 4 heteroatoms. The van der Waals surface area contributed by atoms with E-state index in [1.54, 1.807) is 18.2 Å². The van der Waals surface area contributed by atoms with Crippen molar-refractivity contribution in [3.8, 4) is 5.75 Å². The van der Waals surface area contributed by atoms with Crippen LogP contribution in [-0.2, 0) is 11.2 Å². The molecule has 0 aliphatic carbocycles. The first-order valence-electron chi connectivity index (χ1n) is 8.82. The molecule has 1 heterocycles. The maximum Gasteiger partial charge on any atom is 0.224 e. The smallest absolute Gasteiger partial charge is 0.224 e. The number of aromatic hydroxyl groups is 1. The van der Waals surface area contributed by atoms with Crippen LogP contribution in [0, 0.1) is 5.92 Å². The topological polar surface area (TPSA) is 52.6 Å². The normalized spacial score (nSPS) is 16.7. The molecule has 4 nitrogen and oxygen atoms in total. The summed E-state index contributed by atoms with van der Waals surface area (Å²) in [7, 11) is 0. The minimum atomic E-state index is 0.0499. The number of phenols is 1. The molecule has 1 aromatic carbocycles. The van der Waals surface area contributed by atoms with Crippen molar-refractivity contribution in [2.24, 2.45) is 5.92 Å². The van der Waals surface area contributed by atoms with Crippen LogP contribution in [0.1, 0.15) is 45.1 Å². The molecule has 2 N–H and O–H groups in total. The number of nitrogens with one attached hydrogen (secondary N) is 1. The van der Waals surface area contributed by atoms with Gasteiger partial charge in [0.2, 0.25) is 5.91 Å². The largest absolute Gasteiger partial charge is 0.508 e. The molecule has 1 saturated heterocycles. The minimum absolute atomic E-state index is 0.0499. The number of piperidine rings is 1. The van der Waals surface area contributed by atoms with Gasteiger partial charge in [-0.2, -0.15) is 0 Å². The molecule has 1 aromatic rings. The fraction of sp³-hybridized carbons (Fsp3) is 0.632. The summed E-state index contributed by atoms with van der Waals surface area (Å²) in [5.41, 5.74) is 0.855. The zero-order valence-corrected chi connectivity index (χ0v) is 14.4. The Hall–Kier alpha value is -1.55. The molecule has 128 valence electrons. The third-order valence-corrected chi connectivity index (χ3v) is 4.48. The molecule has 0 bridgehead atoms. The predicted molar refractivity (Wildman–Crippen MR) is 93.5 cm³/mol. The number of benzene rings is 1. The molecular weight excluding hydrogens is 288 g/mol. The summed E-state index contributed by atoms with van der Waals surface area (Å²) < 4.78 is 0. The van der Waals surface area contributed by atoms with E-state index in [0.717, 1.165) is 37.4 Å². The van der Waals surface area contributed by atoms with Crippen LogP contribution in [-0.4, -0.2) is 41.6 Å². The summed E-state index contributed by atoms with van der Waals surface area (Å²) in [6.45, 7) is 7.88. The van der Waals surface area contributed by atoms with E-state index in [0.29, 0.717) is 12.5 Å². The van der Waals surface area contributed by atoms with E-state index in [4.69, 9.17) is 0 Å². The number of rotatable bonds is 7. The van der Waals surface area contributed by atoms with Gasteiger partial charge in [-0.05, 0) is 55.8 Å². The number of nitrogens with zero attached hydrogens (tertiary/aromatic N) is 1. The average molecular weight is 318 g/mol. The quantitative estimate of drug-likeness (QED) is 0.813. The standard InChI is InChI=1S/C19H30N2O2/c1-15(2)5-4-10-21-11-8-17(9-12-21)20-19(23)14-16-6-3-7-18(22)13-16/h3,6-7,13,15,17,22H,4-5,8-12,14H2,1-2H3,(H,20,23). The van der Waals surface area contributed by atoms with Gasteiger partial charge in [0.25, 0.3) is 0 Å². The lowest BCUT2D eigenvalue weighted by molar-refractivity contribution is -0.121. The second kappa shape index (κ2) is 8.92. The highest BCUT2D eigenvalue weighted by Crippen LogP contribution is 2.14. The molecule has 1 fully saturated rings. The Bertz CT molecular complexity index is 494. The first-order valence-corrected chi connectivity index (χ1v) is 8.82. The molecule has 0 aromatic heterocycles. The van der Waals surface area contributed by atoms with Gasteiger partial charge in [-0.15, -0.1) is 0 Å². The Morgan fingerprint density at radius 2 is 2.09 bits per heavy atom. The minimum Gasteiger partial charge on any atom is -0.508 e. The Kier molecular flexibility index (Phi) is 6.90. The molecule has 1 aliphatic rings. The van der Waals surface area contributed by atoms with Gasteiger partial charge in [-0.1, -0.05) is 26.0 Å². The Morgan fingerprint density at radius 1 is 1.35 bits per heavy atom. The second-order valence-corrected chi connectivity index (χ2v) is 7.07. The summed E-state index contributed by atoms with van der Waals surface area (Å²) in [4.78, 5) is 14.6. The molecule has 0 atom stereocenters. The SMILES string of the molecule is CC(C)CCCN1CCC(NC(=O)Cc2cccc(O)c2)CC1. The predicted octanol–water partition coefficient (Wildman–Crippen LogP) is 2.95. The third-order valence-electron chi connectivity index (χ3n) is 4.48.